The van der Waals surface area contributed by atoms with E-state index in [1.54, 1.807) is 0 Å². The minimum atomic E-state index is 0.664. The third-order valence-electron chi connectivity index (χ3n) is 4.01. The van der Waals surface area contributed by atoms with E-state index < -0.39 is 0 Å². The molecule has 98 valence electrons. The third-order valence-corrected chi connectivity index (χ3v) is 4.01. The summed E-state index contributed by atoms with van der Waals surface area (Å²) in [6.07, 6.45) is 5.36. The first-order valence-electron chi connectivity index (χ1n) is 7.16. The van der Waals surface area contributed by atoms with Gasteiger partial charge in [-0.1, -0.05) is 18.9 Å². The van der Waals surface area contributed by atoms with Crippen LogP contribution in [0, 0.1) is 0 Å². The fourth-order valence-corrected chi connectivity index (χ4v) is 3.14. The lowest BCUT2D eigenvalue weighted by molar-refractivity contribution is 0.341. The van der Waals surface area contributed by atoms with Crippen molar-refractivity contribution in [2.45, 2.75) is 38.6 Å². The Balaban J connectivity index is 1.95. The van der Waals surface area contributed by atoms with Crippen molar-refractivity contribution in [1.82, 2.24) is 0 Å². The number of nitrogens with one attached hydrogen (secondary N) is 1. The van der Waals surface area contributed by atoms with Crippen LogP contribution in [0.25, 0.3) is 0 Å². The highest BCUT2D eigenvalue weighted by Gasteiger charge is 2.28. The van der Waals surface area contributed by atoms with Crippen LogP contribution in [0.15, 0.2) is 18.2 Å². The van der Waals surface area contributed by atoms with Gasteiger partial charge in [0.05, 0.1) is 12.3 Å². The number of benzene rings is 1. The molecular weight excluding hydrogens is 224 g/mol. The molecule has 3 heteroatoms. The Morgan fingerprint density at radius 3 is 3.17 bits per heavy atom. The van der Waals surface area contributed by atoms with Crippen LogP contribution in [0.2, 0.25) is 0 Å². The summed E-state index contributed by atoms with van der Waals surface area (Å²) in [5, 5.41) is 3.58. The quantitative estimate of drug-likeness (QED) is 0.867. The summed E-state index contributed by atoms with van der Waals surface area (Å²) < 4.78 is 5.73. The Hall–Kier alpha value is -1.38. The monoisotopic (exact) mass is 246 g/mol. The Bertz CT molecular complexity index is 419. The minimum Gasteiger partial charge on any atom is -0.492 e. The second-order valence-corrected chi connectivity index (χ2v) is 5.16. The molecule has 0 amide bonds. The van der Waals surface area contributed by atoms with Crippen LogP contribution in [-0.2, 0) is 0 Å². The second kappa shape index (κ2) is 5.09. The Labute approximate surface area is 109 Å². The van der Waals surface area contributed by atoms with E-state index in [1.165, 1.54) is 43.6 Å². The van der Waals surface area contributed by atoms with Crippen molar-refractivity contribution in [2.75, 3.05) is 29.9 Å². The highest BCUT2D eigenvalue weighted by atomic mass is 16.5. The van der Waals surface area contributed by atoms with E-state index in [1.807, 2.05) is 6.92 Å². The van der Waals surface area contributed by atoms with Crippen molar-refractivity contribution in [3.8, 4) is 5.75 Å². The fraction of sp³-hybridized carbons (Fsp3) is 0.600. The lowest BCUT2D eigenvalue weighted by atomic mass is 10.1. The van der Waals surface area contributed by atoms with Crippen molar-refractivity contribution in [1.29, 1.82) is 0 Å². The van der Waals surface area contributed by atoms with E-state index in [4.69, 9.17) is 4.74 Å². The van der Waals surface area contributed by atoms with Gasteiger partial charge in [0.2, 0.25) is 0 Å². The van der Waals surface area contributed by atoms with E-state index in [0.717, 1.165) is 18.9 Å². The Morgan fingerprint density at radius 1 is 1.33 bits per heavy atom. The maximum Gasteiger partial charge on any atom is 0.144 e. The molecule has 2 aliphatic heterocycles. The molecule has 1 atom stereocenters. The molecule has 1 saturated heterocycles. The van der Waals surface area contributed by atoms with Gasteiger partial charge < -0.3 is 15.0 Å². The van der Waals surface area contributed by atoms with Crippen molar-refractivity contribution in [3.05, 3.63) is 18.2 Å². The molecule has 0 bridgehead atoms. The average molecular weight is 246 g/mol. The topological polar surface area (TPSA) is 24.5 Å². The van der Waals surface area contributed by atoms with Crippen molar-refractivity contribution in [2.24, 2.45) is 0 Å². The molecular formula is C15H22N2O. The summed E-state index contributed by atoms with van der Waals surface area (Å²) in [7, 11) is 0. The zero-order chi connectivity index (χ0) is 12.4. The van der Waals surface area contributed by atoms with Gasteiger partial charge in [0, 0.05) is 19.1 Å². The number of hydrogen-bond donors (Lipinski definition) is 1. The number of nitrogens with zero attached hydrogens (tertiary/aromatic N) is 1. The standard InChI is InChI=1S/C15H22N2O/c1-2-18-14-9-6-8-13-15(14)16-11-12-7-4-3-5-10-17(12)13/h6,8-9,12,16H,2-5,7,10-11H2,1H3. The minimum absolute atomic E-state index is 0.664. The first-order chi connectivity index (χ1) is 8.90. The zero-order valence-electron chi connectivity index (χ0n) is 11.1. The molecule has 0 spiro atoms. The van der Waals surface area contributed by atoms with Gasteiger partial charge in [0.25, 0.3) is 0 Å². The largest absolute Gasteiger partial charge is 0.492 e. The Kier molecular flexibility index (Phi) is 3.31. The SMILES string of the molecule is CCOc1cccc2c1NCC1CCCCCN21. The molecule has 0 aliphatic carbocycles. The summed E-state index contributed by atoms with van der Waals surface area (Å²) in [5.41, 5.74) is 2.52. The zero-order valence-corrected chi connectivity index (χ0v) is 11.1. The van der Waals surface area contributed by atoms with Crippen LogP contribution in [-0.4, -0.2) is 25.7 Å². The van der Waals surface area contributed by atoms with E-state index in [2.05, 4.69) is 28.4 Å². The van der Waals surface area contributed by atoms with Gasteiger partial charge in [-0.25, -0.2) is 0 Å². The van der Waals surface area contributed by atoms with E-state index in [9.17, 15) is 0 Å². The van der Waals surface area contributed by atoms with Crippen LogP contribution < -0.4 is 15.0 Å². The highest BCUT2D eigenvalue weighted by molar-refractivity contribution is 5.78. The molecule has 2 aliphatic rings. The summed E-state index contributed by atoms with van der Waals surface area (Å²) in [4.78, 5) is 2.58. The molecule has 0 radical (unpaired) electrons. The first kappa shape index (κ1) is 11.7. The van der Waals surface area contributed by atoms with Gasteiger partial charge in [-0.15, -0.1) is 0 Å². The third kappa shape index (κ3) is 2.02. The van der Waals surface area contributed by atoms with Crippen molar-refractivity contribution >= 4 is 11.4 Å². The molecule has 1 fully saturated rings. The first-order valence-corrected chi connectivity index (χ1v) is 7.16. The van der Waals surface area contributed by atoms with Crippen molar-refractivity contribution in [3.63, 3.8) is 0 Å². The molecule has 3 rings (SSSR count). The van der Waals surface area contributed by atoms with Crippen LogP contribution in [0.4, 0.5) is 11.4 Å². The van der Waals surface area contributed by atoms with Gasteiger partial charge in [0.1, 0.15) is 11.4 Å². The lowest BCUT2D eigenvalue weighted by Crippen LogP contribution is -2.43. The number of rotatable bonds is 2. The fourth-order valence-electron chi connectivity index (χ4n) is 3.14. The number of anilines is 2. The molecule has 0 aromatic heterocycles. The molecule has 1 aromatic rings. The molecule has 1 unspecified atom stereocenters. The number of ether oxygens (including phenoxy) is 1. The van der Waals surface area contributed by atoms with E-state index >= 15 is 0 Å². The molecule has 18 heavy (non-hydrogen) atoms. The molecule has 1 aromatic carbocycles. The lowest BCUT2D eigenvalue weighted by Gasteiger charge is -2.39. The molecule has 0 saturated carbocycles. The predicted molar refractivity (Wildman–Crippen MR) is 75.7 cm³/mol. The highest BCUT2D eigenvalue weighted by Crippen LogP contribution is 2.40. The van der Waals surface area contributed by atoms with Gasteiger partial charge >= 0.3 is 0 Å². The molecule has 3 nitrogen and oxygen atoms in total. The summed E-state index contributed by atoms with van der Waals surface area (Å²) >= 11 is 0. The van der Waals surface area contributed by atoms with Gasteiger partial charge in [-0.05, 0) is 31.9 Å². The van der Waals surface area contributed by atoms with Crippen LogP contribution >= 0.6 is 0 Å². The summed E-state index contributed by atoms with van der Waals surface area (Å²) in [6.45, 7) is 5.00. The van der Waals surface area contributed by atoms with E-state index in [-0.39, 0.29) is 0 Å². The average Bonchev–Trinajstić information content (AvgIpc) is 2.64. The molecule has 2 heterocycles. The van der Waals surface area contributed by atoms with E-state index in [0.29, 0.717) is 6.04 Å². The predicted octanol–water partition coefficient (Wildman–Crippen LogP) is 3.26. The smallest absolute Gasteiger partial charge is 0.144 e. The van der Waals surface area contributed by atoms with Gasteiger partial charge in [-0.2, -0.15) is 0 Å². The number of para-hydroxylation sites is 1. The number of hydrogen-bond acceptors (Lipinski definition) is 3. The van der Waals surface area contributed by atoms with Gasteiger partial charge in [0.15, 0.2) is 0 Å². The summed E-state index contributed by atoms with van der Waals surface area (Å²) in [6, 6.07) is 7.06. The number of fused-ring (bicyclic) bond motifs is 3. The summed E-state index contributed by atoms with van der Waals surface area (Å²) in [5.74, 6) is 0.998. The maximum absolute atomic E-state index is 5.73. The Morgan fingerprint density at radius 2 is 2.28 bits per heavy atom. The van der Waals surface area contributed by atoms with Crippen molar-refractivity contribution < 1.29 is 4.74 Å². The maximum atomic E-state index is 5.73. The van der Waals surface area contributed by atoms with Crippen LogP contribution in [0.5, 0.6) is 5.75 Å². The van der Waals surface area contributed by atoms with Crippen LogP contribution in [0.1, 0.15) is 32.6 Å². The molecule has 1 N–H and O–H groups in total. The second-order valence-electron chi connectivity index (χ2n) is 5.16. The van der Waals surface area contributed by atoms with Gasteiger partial charge in [-0.3, -0.25) is 0 Å². The van der Waals surface area contributed by atoms with Crippen LogP contribution in [0.3, 0.4) is 0 Å². The normalized spacial score (nSPS) is 22.5.